The van der Waals surface area contributed by atoms with Crippen molar-refractivity contribution in [2.45, 2.75) is 48.5 Å². The van der Waals surface area contributed by atoms with E-state index in [1.807, 2.05) is 115 Å². The maximum absolute atomic E-state index is 12.2. The third kappa shape index (κ3) is 28.3. The topological polar surface area (TPSA) is 68.4 Å². The standard InChI is InChI=1S/C34H28N2O2.C28H27N.2C24H25N.C23H22ClN.4CH3/c1-24-13-15-25(16-14-24)33(31-22-19-27(35-2)23-32(31)34(37)38)26-17-20-30(21-18-26)36(28-9-5-3-6-10-28)29-11-7-4-8-12-29;1-4-29(5-2)25-19-17-24(18-20-25)28(23-15-13-21(3)14-16-23)27-12-8-10-22-9-6-7-11-26(22)27;2*1-4-25(5-2)23-17-15-22(16-18-23)24(20-9-7-6-8-10-20)21-13-11-19(3)12-14-21;1-16-8-10-18(11-9-16)23(19-6-5-7-20(24)15-19)22-13-12-21(25(3)4)14-17(22)2;;;;/h3-23,35H,1H2,2H3,(H,37,38);6-20H,3-5H2,1-2H3;2*6-18H,3-5H2,1-2H3;5-15H,1H2,2-4H3;4*1H3/q;;;;;4*-1/p-1. The van der Waals surface area contributed by atoms with Gasteiger partial charge in [-0.25, -0.2) is 0 Å². The lowest BCUT2D eigenvalue weighted by Crippen LogP contribution is -2.25. The largest absolute Gasteiger partial charge is 0.545 e. The normalized spacial score (nSPS) is 10.3. The number of hydrogen-bond donors (Lipinski definition) is 1. The Labute approximate surface area is 873 Å². The number of para-hydroxylation sites is 2. The van der Waals surface area contributed by atoms with Crippen LogP contribution in [0.2, 0.25) is 5.02 Å². The number of carbonyl (C=O) groups excluding carboxylic acids is 1. The molecule has 0 radical (unpaired) electrons. The van der Waals surface area contributed by atoms with Gasteiger partial charge in [0, 0.05) is 116 Å². The van der Waals surface area contributed by atoms with Crippen LogP contribution in [0.25, 0.3) is 71.5 Å². The van der Waals surface area contributed by atoms with Crippen LogP contribution in [-0.2, 0) is 0 Å². The summed E-state index contributed by atoms with van der Waals surface area (Å²) < 4.78 is 0. The van der Waals surface area contributed by atoms with Crippen LogP contribution in [0.3, 0.4) is 0 Å². The molecule has 0 aliphatic heterocycles. The number of benzene rings is 18. The number of rotatable bonds is 25. The number of halogens is 1. The molecule has 740 valence electrons. The fourth-order valence-electron chi connectivity index (χ4n) is 18.0. The third-order valence-electron chi connectivity index (χ3n) is 25.6. The van der Waals surface area contributed by atoms with E-state index in [1.165, 1.54) is 116 Å². The fraction of sp³-hybridized carbons (Fsp3) is 0.117. The zero-order chi connectivity index (χ0) is 100.0. The summed E-state index contributed by atoms with van der Waals surface area (Å²) in [6.07, 6.45) is 0. The molecule has 146 heavy (non-hydrogen) atoms. The van der Waals surface area contributed by atoms with E-state index in [1.54, 1.807) is 13.1 Å². The van der Waals surface area contributed by atoms with E-state index in [-0.39, 0.29) is 35.3 Å². The Balaban J connectivity index is 0.000000188. The number of hydrogen-bond acceptors (Lipinski definition) is 8. The van der Waals surface area contributed by atoms with E-state index in [9.17, 15) is 9.90 Å². The summed E-state index contributed by atoms with van der Waals surface area (Å²) in [5, 5.41) is 29.2. The molecule has 0 aliphatic rings. The molecule has 0 spiro atoms. The van der Waals surface area contributed by atoms with E-state index in [4.69, 9.17) is 11.6 Å². The Morgan fingerprint density at radius 3 is 0.911 bits per heavy atom. The molecule has 0 amide bonds. The molecule has 8 nitrogen and oxygen atoms in total. The first-order valence-electron chi connectivity index (χ1n) is 48.9. The maximum Gasteiger partial charge on any atom is 0.0722 e. The van der Waals surface area contributed by atoms with Crippen molar-refractivity contribution in [1.29, 1.82) is 0 Å². The van der Waals surface area contributed by atoms with Crippen LogP contribution in [0.1, 0.15) is 113 Å². The lowest BCUT2D eigenvalue weighted by atomic mass is 9.91. The van der Waals surface area contributed by atoms with Crippen molar-refractivity contribution in [2.75, 3.05) is 90.2 Å². The van der Waals surface area contributed by atoms with Gasteiger partial charge in [0.2, 0.25) is 0 Å². The second-order valence-corrected chi connectivity index (χ2v) is 35.5. The molecule has 18 aromatic rings. The van der Waals surface area contributed by atoms with Crippen LogP contribution in [0.5, 0.6) is 0 Å². The van der Waals surface area contributed by atoms with Crippen molar-refractivity contribution in [1.82, 2.24) is 0 Å². The lowest BCUT2D eigenvalue weighted by Gasteiger charge is -2.25. The van der Waals surface area contributed by atoms with Crippen LogP contribution >= 0.6 is 11.6 Å². The van der Waals surface area contributed by atoms with E-state index >= 15 is 0 Å². The van der Waals surface area contributed by atoms with Crippen LogP contribution in [-0.4, -0.2) is 66.4 Å². The summed E-state index contributed by atoms with van der Waals surface area (Å²) in [5.41, 5.74) is 27.2. The number of carboxylic acid groups (broad SMARTS) is 1. The molecular weight excluding hydrogens is 1800 g/mol. The second kappa shape index (κ2) is 54.6. The van der Waals surface area contributed by atoms with Gasteiger partial charge in [0.05, 0.1) is 5.97 Å². The molecule has 0 atom stereocenters. The molecule has 9 heteroatoms. The van der Waals surface area contributed by atoms with Crippen molar-refractivity contribution in [3.63, 3.8) is 0 Å². The van der Waals surface area contributed by atoms with Crippen LogP contribution < -0.4 is 87.1 Å². The van der Waals surface area contributed by atoms with Gasteiger partial charge < -0.3 is 69.4 Å². The molecule has 0 saturated heterocycles. The van der Waals surface area contributed by atoms with Crippen LogP contribution in [0, 0.1) is 36.6 Å². The summed E-state index contributed by atoms with van der Waals surface area (Å²) in [6.45, 7) is 41.5. The fourth-order valence-corrected chi connectivity index (χ4v) is 18.2. The predicted octanol–water partition coefficient (Wildman–Crippen LogP) is 25.1. The van der Waals surface area contributed by atoms with Gasteiger partial charge in [-0.15, -0.1) is 0 Å². The highest BCUT2D eigenvalue weighted by atomic mass is 35.5. The predicted molar refractivity (Wildman–Crippen MR) is 635 cm³/mol. The van der Waals surface area contributed by atoms with Crippen molar-refractivity contribution in [3.8, 4) is 0 Å². The van der Waals surface area contributed by atoms with Crippen LogP contribution in [0.15, 0.2) is 443 Å². The van der Waals surface area contributed by atoms with E-state index in [0.717, 1.165) is 115 Å². The minimum atomic E-state index is -1.22. The smallest absolute Gasteiger partial charge is 0.0722 e. The van der Waals surface area contributed by atoms with Crippen molar-refractivity contribution in [2.24, 2.45) is 0 Å². The minimum Gasteiger partial charge on any atom is -0.545 e. The monoisotopic (exact) mass is 1930 g/mol. The molecule has 0 heterocycles. The highest BCUT2D eigenvalue weighted by molar-refractivity contribution is 6.30. The molecule has 0 aliphatic carbocycles. The molecule has 0 aromatic heterocycles. The van der Waals surface area contributed by atoms with Gasteiger partial charge in [-0.3, -0.25) is 0 Å². The minimum absolute atomic E-state index is 0. The molecule has 0 unspecified atom stereocenters. The van der Waals surface area contributed by atoms with Crippen molar-refractivity contribution in [3.05, 3.63) is 597 Å². The van der Waals surface area contributed by atoms with E-state index in [2.05, 4.69) is 447 Å². The Hall–Kier alpha value is -16.5. The Kier molecular flexibility index (Phi) is 41.7. The highest BCUT2D eigenvalue weighted by Crippen LogP contribution is 2.38. The first kappa shape index (κ1) is 111. The number of nitrogens with one attached hydrogen (secondary N) is 1. The zero-order valence-electron chi connectivity index (χ0n) is 87.4. The summed E-state index contributed by atoms with van der Waals surface area (Å²) in [6, 6.07) is 153. The number of anilines is 8. The first-order valence-corrected chi connectivity index (χ1v) is 49.2. The van der Waals surface area contributed by atoms with E-state index < -0.39 is 5.97 Å². The molecule has 0 saturated carbocycles. The highest BCUT2D eigenvalue weighted by Gasteiger charge is 2.20. The maximum atomic E-state index is 12.2. The molecule has 1 N–H and O–H groups in total. The van der Waals surface area contributed by atoms with Gasteiger partial charge in [0.15, 0.2) is 0 Å². The average molecular weight is 1940 g/mol. The van der Waals surface area contributed by atoms with Gasteiger partial charge in [-0.2, -0.15) is 0 Å². The average Bonchev–Trinajstić information content (AvgIpc) is 0.779. The SMILES string of the molecule is C=c1ccc(=C(c2ccc(N(CC)CC)cc2)c2cccc3ccccc23)cc1.C=c1ccc(=C(c2ccc(N(c3ccccc3)c3ccccc3)cc2)c2ccc(NC)cc2C(=O)[O-])cc1.C=c1ccc(=C(c2cccc(Cl)c2)c2ccc(N(C)C)cc2C)cc1.C=c1ccc(=C(c2ccccc2)c2ccc(N(CC)CC)cc2)cc1.C=c1ccc(=C(c2ccccc2)c2ccc(N(CC)CC)cc2)cc1.[CH3-].[CH3-].[CH3-].[CH3-]. The number of aryl methyl sites for hydroxylation is 1. The molecule has 0 bridgehead atoms. The van der Waals surface area contributed by atoms with Crippen LogP contribution in [0.4, 0.5) is 45.5 Å². The van der Waals surface area contributed by atoms with Gasteiger partial charge >= 0.3 is 0 Å². The zero-order valence-corrected chi connectivity index (χ0v) is 88.1. The number of nitrogens with zero attached hydrogens (tertiary/aromatic N) is 5. The molecular formula is C137H138ClN6O2-5. The summed E-state index contributed by atoms with van der Waals surface area (Å²) in [5.74, 6) is -1.22. The summed E-state index contributed by atoms with van der Waals surface area (Å²) in [7, 11) is 5.88. The summed E-state index contributed by atoms with van der Waals surface area (Å²) >= 11 is 6.27. The molecule has 18 aromatic carbocycles. The Morgan fingerprint density at radius 2 is 0.562 bits per heavy atom. The van der Waals surface area contributed by atoms with Crippen molar-refractivity contribution >= 4 is 135 Å². The molecule has 18 rings (SSSR count). The Bertz CT molecular complexity index is 7630. The molecule has 0 fully saturated rings. The number of aromatic carboxylic acids is 1. The Morgan fingerprint density at radius 1 is 0.274 bits per heavy atom. The number of carbonyl (C=O) groups is 1. The van der Waals surface area contributed by atoms with Crippen molar-refractivity contribution < 1.29 is 9.90 Å². The third-order valence-corrected chi connectivity index (χ3v) is 25.8. The lowest BCUT2D eigenvalue weighted by molar-refractivity contribution is -0.255. The summed E-state index contributed by atoms with van der Waals surface area (Å²) in [4.78, 5) is 23.6. The second-order valence-electron chi connectivity index (χ2n) is 35.0. The van der Waals surface area contributed by atoms with Gasteiger partial charge in [-0.1, -0.05) is 378 Å². The quantitative estimate of drug-likeness (QED) is 0.0568. The van der Waals surface area contributed by atoms with Gasteiger partial charge in [0.1, 0.15) is 0 Å². The van der Waals surface area contributed by atoms with Gasteiger partial charge in [-0.05, 0) is 310 Å². The van der Waals surface area contributed by atoms with E-state index in [0.29, 0.717) is 11.3 Å². The van der Waals surface area contributed by atoms with Gasteiger partial charge in [0.25, 0.3) is 0 Å². The first-order chi connectivity index (χ1) is 69.2. The number of carboxylic acids is 1. The number of fused-ring (bicyclic) bond motifs is 1.